The Morgan fingerprint density at radius 3 is 2.41 bits per heavy atom. The van der Waals surface area contributed by atoms with Gasteiger partial charge in [-0.1, -0.05) is 0 Å². The average Bonchev–Trinajstić information content (AvgIpc) is 3.14. The highest BCUT2D eigenvalue weighted by molar-refractivity contribution is 7.92. The first-order valence-corrected chi connectivity index (χ1v) is 10.7. The number of nitrogens with zero attached hydrogens (tertiary/aromatic N) is 3. The van der Waals surface area contributed by atoms with Crippen molar-refractivity contribution in [1.82, 2.24) is 14.5 Å². The van der Waals surface area contributed by atoms with Crippen molar-refractivity contribution in [2.45, 2.75) is 38.1 Å². The minimum absolute atomic E-state index is 0.0806. The molecule has 8 nitrogen and oxygen atoms in total. The highest BCUT2D eigenvalue weighted by Crippen LogP contribution is 2.18. The second kappa shape index (κ2) is 8.87. The number of anilines is 2. The minimum atomic E-state index is -3.79. The lowest BCUT2D eigenvalue weighted by Crippen LogP contribution is -2.15. The summed E-state index contributed by atoms with van der Waals surface area (Å²) in [6, 6.07) is 11.5. The first-order valence-electron chi connectivity index (χ1n) is 9.18. The quantitative estimate of drug-likeness (QED) is 0.590. The van der Waals surface area contributed by atoms with E-state index in [2.05, 4.69) is 20.0 Å². The van der Waals surface area contributed by atoms with Crippen LogP contribution in [0.5, 0.6) is 0 Å². The van der Waals surface area contributed by atoms with Crippen LogP contribution >= 0.6 is 0 Å². The highest BCUT2D eigenvalue weighted by atomic mass is 32.2. The molecule has 0 radical (unpaired) electrons. The third-order valence-corrected chi connectivity index (χ3v) is 5.51. The van der Waals surface area contributed by atoms with Gasteiger partial charge in [0, 0.05) is 42.8 Å². The van der Waals surface area contributed by atoms with Crippen molar-refractivity contribution < 1.29 is 13.2 Å². The fraction of sp³-hybridized carbons (Fsp3) is 0.250. The van der Waals surface area contributed by atoms with Gasteiger partial charge in [0.05, 0.1) is 4.90 Å². The summed E-state index contributed by atoms with van der Waals surface area (Å²) in [4.78, 5) is 20.4. The van der Waals surface area contributed by atoms with Crippen molar-refractivity contribution in [3.8, 4) is 0 Å². The third kappa shape index (κ3) is 5.89. The number of nitrogens with one attached hydrogen (secondary N) is 2. The van der Waals surface area contributed by atoms with Gasteiger partial charge < -0.3 is 9.88 Å². The van der Waals surface area contributed by atoms with E-state index in [4.69, 9.17) is 0 Å². The molecule has 3 aromatic rings. The van der Waals surface area contributed by atoms with E-state index < -0.39 is 10.0 Å². The summed E-state index contributed by atoms with van der Waals surface area (Å²) in [5.74, 6) is 0.588. The minimum Gasteiger partial charge on any atom is -0.354 e. The molecule has 0 fully saturated rings. The van der Waals surface area contributed by atoms with Crippen molar-refractivity contribution in [2.24, 2.45) is 0 Å². The van der Waals surface area contributed by atoms with Gasteiger partial charge in [-0.3, -0.25) is 9.52 Å². The molecule has 0 aliphatic carbocycles. The summed E-state index contributed by atoms with van der Waals surface area (Å²) in [6.45, 7) is 4.23. The van der Waals surface area contributed by atoms with Crippen LogP contribution in [0.15, 0.2) is 59.8 Å². The molecule has 1 amide bonds. The molecular formula is C20H23N5O3S. The second-order valence-corrected chi connectivity index (χ2v) is 8.33. The van der Waals surface area contributed by atoms with Crippen LogP contribution in [0.25, 0.3) is 0 Å². The Hall–Kier alpha value is -3.20. The van der Waals surface area contributed by atoms with E-state index in [1.165, 1.54) is 12.1 Å². The van der Waals surface area contributed by atoms with Gasteiger partial charge in [-0.2, -0.15) is 0 Å². The van der Waals surface area contributed by atoms with Crippen molar-refractivity contribution >= 4 is 27.4 Å². The van der Waals surface area contributed by atoms with E-state index in [-0.39, 0.29) is 16.6 Å². The van der Waals surface area contributed by atoms with Gasteiger partial charge in [0.15, 0.2) is 0 Å². The number of hydrogen-bond acceptors (Lipinski definition) is 5. The molecule has 0 saturated heterocycles. The van der Waals surface area contributed by atoms with Crippen LogP contribution in [-0.2, 0) is 21.4 Å². The average molecular weight is 414 g/mol. The second-order valence-electron chi connectivity index (χ2n) is 6.64. The van der Waals surface area contributed by atoms with Crippen LogP contribution in [0, 0.1) is 13.8 Å². The molecule has 0 saturated carbocycles. The number of sulfonamides is 1. The maximum atomic E-state index is 12.6. The van der Waals surface area contributed by atoms with Gasteiger partial charge in [-0.15, -0.1) is 0 Å². The number of rotatable bonds is 8. The summed E-state index contributed by atoms with van der Waals surface area (Å²) >= 11 is 0. The Morgan fingerprint density at radius 1 is 1.07 bits per heavy atom. The van der Waals surface area contributed by atoms with Gasteiger partial charge in [0.1, 0.15) is 11.6 Å². The fourth-order valence-electron chi connectivity index (χ4n) is 2.85. The number of carbonyl (C=O) groups is 1. The number of aryl methyl sites for hydroxylation is 3. The van der Waals surface area contributed by atoms with Gasteiger partial charge >= 0.3 is 0 Å². The van der Waals surface area contributed by atoms with Gasteiger partial charge in [-0.25, -0.2) is 18.4 Å². The fourth-order valence-corrected chi connectivity index (χ4v) is 3.84. The molecule has 2 heterocycles. The molecular weight excluding hydrogens is 390 g/mol. The molecule has 2 aromatic heterocycles. The number of benzene rings is 1. The van der Waals surface area contributed by atoms with E-state index in [9.17, 15) is 13.2 Å². The van der Waals surface area contributed by atoms with Crippen molar-refractivity contribution in [3.63, 3.8) is 0 Å². The smallest absolute Gasteiger partial charge is 0.263 e. The first-order chi connectivity index (χ1) is 13.8. The van der Waals surface area contributed by atoms with Crippen molar-refractivity contribution in [3.05, 3.63) is 66.4 Å². The summed E-state index contributed by atoms with van der Waals surface area (Å²) in [6.07, 6.45) is 5.01. The molecule has 3 rings (SSSR count). The predicted octanol–water partition coefficient (Wildman–Crippen LogP) is 3.11. The van der Waals surface area contributed by atoms with Crippen LogP contribution in [0.1, 0.15) is 24.4 Å². The molecule has 0 bridgehead atoms. The number of carbonyl (C=O) groups excluding carboxylic acids is 1. The van der Waals surface area contributed by atoms with Gasteiger partial charge in [-0.05, 0) is 56.7 Å². The van der Waals surface area contributed by atoms with Crippen LogP contribution in [0.3, 0.4) is 0 Å². The highest BCUT2D eigenvalue weighted by Gasteiger charge is 2.15. The maximum absolute atomic E-state index is 12.6. The molecule has 1 aromatic carbocycles. The Morgan fingerprint density at radius 2 is 1.76 bits per heavy atom. The van der Waals surface area contributed by atoms with Gasteiger partial charge in [0.25, 0.3) is 10.0 Å². The van der Waals surface area contributed by atoms with Crippen LogP contribution in [-0.4, -0.2) is 28.9 Å². The lowest BCUT2D eigenvalue weighted by atomic mass is 10.2. The molecule has 2 N–H and O–H groups in total. The predicted molar refractivity (Wildman–Crippen MR) is 111 cm³/mol. The van der Waals surface area contributed by atoms with E-state index in [0.29, 0.717) is 30.0 Å². The normalized spacial score (nSPS) is 11.2. The molecule has 152 valence electrons. The molecule has 0 atom stereocenters. The zero-order chi connectivity index (χ0) is 20.9. The van der Waals surface area contributed by atoms with Gasteiger partial charge in [0.2, 0.25) is 5.91 Å². The Labute approximate surface area is 170 Å². The SMILES string of the molecule is Cc1cc(NS(=O)(=O)c2ccc(NC(=O)CCCn3cccc3)cc2)nc(C)n1. The topological polar surface area (TPSA) is 106 Å². The van der Waals surface area contributed by atoms with Crippen LogP contribution in [0.4, 0.5) is 11.5 Å². The maximum Gasteiger partial charge on any atom is 0.263 e. The number of amides is 1. The Kier molecular flexibility index (Phi) is 6.28. The molecule has 0 spiro atoms. The zero-order valence-corrected chi connectivity index (χ0v) is 17.1. The summed E-state index contributed by atoms with van der Waals surface area (Å²) < 4.78 is 29.6. The lowest BCUT2D eigenvalue weighted by molar-refractivity contribution is -0.116. The third-order valence-electron chi connectivity index (χ3n) is 4.14. The summed E-state index contributed by atoms with van der Waals surface area (Å²) in [7, 11) is -3.79. The molecule has 0 aliphatic rings. The Balaban J connectivity index is 1.57. The summed E-state index contributed by atoms with van der Waals surface area (Å²) in [5.41, 5.74) is 1.22. The number of hydrogen-bond donors (Lipinski definition) is 2. The Bertz CT molecular complexity index is 1060. The monoisotopic (exact) mass is 413 g/mol. The zero-order valence-electron chi connectivity index (χ0n) is 16.3. The van der Waals surface area contributed by atoms with Crippen molar-refractivity contribution in [1.29, 1.82) is 0 Å². The molecule has 0 aliphatic heterocycles. The molecule has 9 heteroatoms. The van der Waals surface area contributed by atoms with E-state index in [1.54, 1.807) is 32.0 Å². The first kappa shape index (κ1) is 20.5. The largest absolute Gasteiger partial charge is 0.354 e. The summed E-state index contributed by atoms with van der Waals surface area (Å²) in [5, 5.41) is 2.78. The molecule has 0 unspecified atom stereocenters. The molecule has 29 heavy (non-hydrogen) atoms. The van der Waals surface area contributed by atoms with Crippen molar-refractivity contribution in [2.75, 3.05) is 10.0 Å². The van der Waals surface area contributed by atoms with Crippen LogP contribution < -0.4 is 10.0 Å². The van der Waals surface area contributed by atoms with E-state index in [1.807, 2.05) is 29.1 Å². The lowest BCUT2D eigenvalue weighted by Gasteiger charge is -2.10. The van der Waals surface area contributed by atoms with E-state index >= 15 is 0 Å². The number of aromatic nitrogens is 3. The van der Waals surface area contributed by atoms with E-state index in [0.717, 1.165) is 6.54 Å². The standard InChI is InChI=1S/C20H23N5O3S/c1-15-14-19(22-16(2)21-15)24-29(27,28)18-9-7-17(8-10-18)23-20(26)6-5-13-25-11-3-4-12-25/h3-4,7-12,14H,5-6,13H2,1-2H3,(H,23,26)(H,21,22,24). The van der Waals surface area contributed by atoms with Crippen LogP contribution in [0.2, 0.25) is 0 Å².